The molecule has 3 rings (SSSR count). The molecule has 4 nitrogen and oxygen atoms in total. The Morgan fingerprint density at radius 1 is 0.750 bits per heavy atom. The standard InChI is InChI=1S/C24H24N2O2/c1-18(27)25-21-13-15-22(16-14-21)26-23(28)24(2,20-11-7-4-8-12-20)17-19-9-5-3-6-10-19/h3-16H,17H2,1-2H3,(H,25,27)(H,26,28). The maximum absolute atomic E-state index is 13.3. The Kier molecular flexibility index (Phi) is 5.90. The van der Waals surface area contributed by atoms with Crippen molar-refractivity contribution in [1.82, 2.24) is 0 Å². The number of rotatable bonds is 6. The highest BCUT2D eigenvalue weighted by Crippen LogP contribution is 2.30. The maximum atomic E-state index is 13.3. The van der Waals surface area contributed by atoms with E-state index in [0.29, 0.717) is 17.8 Å². The highest BCUT2D eigenvalue weighted by atomic mass is 16.2. The molecule has 2 N–H and O–H groups in total. The molecule has 0 heterocycles. The van der Waals surface area contributed by atoms with Crippen LogP contribution in [0.4, 0.5) is 11.4 Å². The van der Waals surface area contributed by atoms with Crippen molar-refractivity contribution < 1.29 is 9.59 Å². The van der Waals surface area contributed by atoms with Crippen molar-refractivity contribution in [2.24, 2.45) is 0 Å². The Morgan fingerprint density at radius 2 is 1.25 bits per heavy atom. The lowest BCUT2D eigenvalue weighted by molar-refractivity contribution is -0.121. The van der Waals surface area contributed by atoms with Crippen LogP contribution in [0.3, 0.4) is 0 Å². The molecule has 0 saturated carbocycles. The fraction of sp³-hybridized carbons (Fsp3) is 0.167. The lowest BCUT2D eigenvalue weighted by atomic mass is 9.76. The zero-order valence-corrected chi connectivity index (χ0v) is 16.1. The van der Waals surface area contributed by atoms with Gasteiger partial charge in [-0.3, -0.25) is 9.59 Å². The van der Waals surface area contributed by atoms with Gasteiger partial charge >= 0.3 is 0 Å². The van der Waals surface area contributed by atoms with E-state index in [0.717, 1.165) is 11.1 Å². The van der Waals surface area contributed by atoms with Crippen LogP contribution < -0.4 is 10.6 Å². The average molecular weight is 372 g/mol. The number of benzene rings is 3. The van der Waals surface area contributed by atoms with Crippen LogP contribution >= 0.6 is 0 Å². The summed E-state index contributed by atoms with van der Waals surface area (Å²) in [5.74, 6) is -0.203. The molecule has 1 unspecified atom stereocenters. The van der Waals surface area contributed by atoms with Gasteiger partial charge in [0.05, 0.1) is 5.41 Å². The summed E-state index contributed by atoms with van der Waals surface area (Å²) < 4.78 is 0. The van der Waals surface area contributed by atoms with Crippen molar-refractivity contribution >= 4 is 23.2 Å². The predicted octanol–water partition coefficient (Wildman–Crippen LogP) is 4.78. The van der Waals surface area contributed by atoms with Gasteiger partial charge in [0, 0.05) is 18.3 Å². The Morgan fingerprint density at radius 3 is 1.79 bits per heavy atom. The van der Waals surface area contributed by atoms with Gasteiger partial charge in [0.1, 0.15) is 0 Å². The molecule has 3 aromatic rings. The van der Waals surface area contributed by atoms with Gasteiger partial charge in [-0.05, 0) is 48.7 Å². The second-order valence-electron chi connectivity index (χ2n) is 7.07. The molecule has 0 aliphatic rings. The van der Waals surface area contributed by atoms with E-state index in [1.807, 2.05) is 67.6 Å². The summed E-state index contributed by atoms with van der Waals surface area (Å²) in [4.78, 5) is 24.5. The number of hydrogen-bond donors (Lipinski definition) is 2. The lowest BCUT2D eigenvalue weighted by Gasteiger charge is -2.29. The minimum Gasteiger partial charge on any atom is -0.326 e. The SMILES string of the molecule is CC(=O)Nc1ccc(NC(=O)C(C)(Cc2ccccc2)c2ccccc2)cc1. The molecule has 0 aliphatic carbocycles. The maximum Gasteiger partial charge on any atom is 0.235 e. The van der Waals surface area contributed by atoms with Gasteiger partial charge in [0.2, 0.25) is 11.8 Å². The monoisotopic (exact) mass is 372 g/mol. The highest BCUT2D eigenvalue weighted by Gasteiger charge is 2.35. The molecular formula is C24H24N2O2. The van der Waals surface area contributed by atoms with E-state index in [1.54, 1.807) is 24.3 Å². The smallest absolute Gasteiger partial charge is 0.235 e. The molecule has 0 bridgehead atoms. The zero-order valence-electron chi connectivity index (χ0n) is 16.1. The van der Waals surface area contributed by atoms with Gasteiger partial charge in [0.15, 0.2) is 0 Å². The Bertz CT molecular complexity index is 937. The van der Waals surface area contributed by atoms with Gasteiger partial charge < -0.3 is 10.6 Å². The van der Waals surface area contributed by atoms with E-state index in [2.05, 4.69) is 10.6 Å². The molecule has 0 spiro atoms. The number of carbonyl (C=O) groups excluding carboxylic acids is 2. The minimum absolute atomic E-state index is 0.0742. The van der Waals surface area contributed by atoms with Crippen LogP contribution in [0, 0.1) is 0 Å². The van der Waals surface area contributed by atoms with Gasteiger partial charge in [0.25, 0.3) is 0 Å². The van der Waals surface area contributed by atoms with Crippen LogP contribution in [-0.4, -0.2) is 11.8 Å². The van der Waals surface area contributed by atoms with Crippen LogP contribution in [0.2, 0.25) is 0 Å². The van der Waals surface area contributed by atoms with Crippen molar-refractivity contribution in [3.63, 3.8) is 0 Å². The predicted molar refractivity (Wildman–Crippen MR) is 113 cm³/mol. The molecule has 142 valence electrons. The van der Waals surface area contributed by atoms with E-state index in [-0.39, 0.29) is 11.8 Å². The Hall–Kier alpha value is -3.40. The number of anilines is 2. The first-order valence-corrected chi connectivity index (χ1v) is 9.26. The second-order valence-corrected chi connectivity index (χ2v) is 7.07. The lowest BCUT2D eigenvalue weighted by Crippen LogP contribution is -2.39. The molecule has 1 atom stereocenters. The zero-order chi connectivity index (χ0) is 20.0. The summed E-state index contributed by atoms with van der Waals surface area (Å²) in [6, 6.07) is 27.0. The normalized spacial score (nSPS) is 12.6. The first-order valence-electron chi connectivity index (χ1n) is 9.26. The number of nitrogens with one attached hydrogen (secondary N) is 2. The van der Waals surface area contributed by atoms with Crippen LogP contribution in [0.25, 0.3) is 0 Å². The topological polar surface area (TPSA) is 58.2 Å². The molecule has 4 heteroatoms. The average Bonchev–Trinajstić information content (AvgIpc) is 2.70. The third kappa shape index (κ3) is 4.65. The summed E-state index contributed by atoms with van der Waals surface area (Å²) in [7, 11) is 0. The number of carbonyl (C=O) groups is 2. The summed E-state index contributed by atoms with van der Waals surface area (Å²) in [5, 5.41) is 5.75. The van der Waals surface area contributed by atoms with Crippen molar-refractivity contribution in [2.75, 3.05) is 10.6 Å². The summed E-state index contributed by atoms with van der Waals surface area (Å²) in [6.07, 6.45) is 0.591. The Balaban J connectivity index is 1.85. The number of amides is 2. The van der Waals surface area contributed by atoms with Crippen LogP contribution in [0.1, 0.15) is 25.0 Å². The van der Waals surface area contributed by atoms with Crippen LogP contribution in [-0.2, 0) is 21.4 Å². The third-order valence-electron chi connectivity index (χ3n) is 4.78. The van der Waals surface area contributed by atoms with Crippen molar-refractivity contribution in [1.29, 1.82) is 0 Å². The van der Waals surface area contributed by atoms with Gasteiger partial charge in [-0.2, -0.15) is 0 Å². The highest BCUT2D eigenvalue weighted by molar-refractivity contribution is 5.99. The van der Waals surface area contributed by atoms with E-state index in [1.165, 1.54) is 6.92 Å². The van der Waals surface area contributed by atoms with E-state index < -0.39 is 5.41 Å². The molecule has 0 aromatic heterocycles. The van der Waals surface area contributed by atoms with Crippen LogP contribution in [0.15, 0.2) is 84.9 Å². The minimum atomic E-state index is -0.723. The molecule has 28 heavy (non-hydrogen) atoms. The van der Waals surface area contributed by atoms with Crippen molar-refractivity contribution in [2.45, 2.75) is 25.7 Å². The van der Waals surface area contributed by atoms with Gasteiger partial charge in [-0.1, -0.05) is 60.7 Å². The van der Waals surface area contributed by atoms with Gasteiger partial charge in [-0.15, -0.1) is 0 Å². The first-order chi connectivity index (χ1) is 13.5. The van der Waals surface area contributed by atoms with Crippen molar-refractivity contribution in [3.05, 3.63) is 96.1 Å². The molecule has 3 aromatic carbocycles. The van der Waals surface area contributed by atoms with Crippen molar-refractivity contribution in [3.8, 4) is 0 Å². The fourth-order valence-corrected chi connectivity index (χ4v) is 3.23. The van der Waals surface area contributed by atoms with E-state index in [4.69, 9.17) is 0 Å². The molecule has 2 amide bonds. The third-order valence-corrected chi connectivity index (χ3v) is 4.78. The first kappa shape index (κ1) is 19.4. The largest absolute Gasteiger partial charge is 0.326 e. The second kappa shape index (κ2) is 8.53. The van der Waals surface area contributed by atoms with Gasteiger partial charge in [-0.25, -0.2) is 0 Å². The molecule has 0 radical (unpaired) electrons. The molecule has 0 aliphatic heterocycles. The quantitative estimate of drug-likeness (QED) is 0.654. The van der Waals surface area contributed by atoms with E-state index in [9.17, 15) is 9.59 Å². The number of hydrogen-bond acceptors (Lipinski definition) is 2. The summed E-state index contributed by atoms with van der Waals surface area (Å²) in [5.41, 5.74) is 2.73. The molecular weight excluding hydrogens is 348 g/mol. The van der Waals surface area contributed by atoms with Crippen LogP contribution in [0.5, 0.6) is 0 Å². The summed E-state index contributed by atoms with van der Waals surface area (Å²) in [6.45, 7) is 3.43. The molecule has 0 saturated heterocycles. The summed E-state index contributed by atoms with van der Waals surface area (Å²) >= 11 is 0. The van der Waals surface area contributed by atoms with E-state index >= 15 is 0 Å². The molecule has 0 fully saturated rings. The Labute approximate surface area is 165 Å². The fourth-order valence-electron chi connectivity index (χ4n) is 3.23.